The van der Waals surface area contributed by atoms with Crippen LogP contribution >= 0.6 is 0 Å². The van der Waals surface area contributed by atoms with Crippen LogP contribution < -0.4 is 15.2 Å². The molecule has 0 radical (unpaired) electrons. The minimum absolute atomic E-state index is 0.105. The van der Waals surface area contributed by atoms with Gasteiger partial charge in [0, 0.05) is 12.1 Å². The second-order valence-corrected chi connectivity index (χ2v) is 3.96. The number of rotatable bonds is 4. The SMILES string of the molecule is COc1cc(N=Nc2ccccc2N)c(O)c(OC)c1. The number of ether oxygens (including phenoxy) is 2. The Morgan fingerprint density at radius 1 is 1.00 bits per heavy atom. The molecule has 6 heteroatoms. The molecule has 0 heterocycles. The monoisotopic (exact) mass is 273 g/mol. The molecule has 20 heavy (non-hydrogen) atoms. The number of aromatic hydroxyl groups is 1. The van der Waals surface area contributed by atoms with Crippen molar-refractivity contribution >= 4 is 17.1 Å². The Bertz CT molecular complexity index is 642. The van der Waals surface area contributed by atoms with Crippen LogP contribution in [-0.2, 0) is 0 Å². The Balaban J connectivity index is 2.40. The van der Waals surface area contributed by atoms with E-state index in [0.29, 0.717) is 17.1 Å². The number of anilines is 1. The van der Waals surface area contributed by atoms with Gasteiger partial charge in [-0.1, -0.05) is 12.1 Å². The maximum atomic E-state index is 9.99. The average molecular weight is 273 g/mol. The van der Waals surface area contributed by atoms with Crippen LogP contribution in [0.1, 0.15) is 0 Å². The molecule has 6 nitrogen and oxygen atoms in total. The van der Waals surface area contributed by atoms with Crippen molar-refractivity contribution in [2.45, 2.75) is 0 Å². The molecule has 0 amide bonds. The molecule has 0 saturated carbocycles. The molecule has 0 fully saturated rings. The van der Waals surface area contributed by atoms with Crippen LogP contribution in [0.3, 0.4) is 0 Å². The number of hydrogen-bond acceptors (Lipinski definition) is 6. The van der Waals surface area contributed by atoms with E-state index in [4.69, 9.17) is 15.2 Å². The van der Waals surface area contributed by atoms with Gasteiger partial charge in [-0.25, -0.2) is 0 Å². The third kappa shape index (κ3) is 2.80. The minimum atomic E-state index is -0.105. The second kappa shape index (κ2) is 5.92. The van der Waals surface area contributed by atoms with Crippen molar-refractivity contribution in [3.05, 3.63) is 36.4 Å². The molecule has 2 rings (SSSR count). The van der Waals surface area contributed by atoms with Gasteiger partial charge in [0.25, 0.3) is 0 Å². The summed E-state index contributed by atoms with van der Waals surface area (Å²) in [6.07, 6.45) is 0. The van der Waals surface area contributed by atoms with E-state index in [0.717, 1.165) is 0 Å². The molecule has 3 N–H and O–H groups in total. The summed E-state index contributed by atoms with van der Waals surface area (Å²) in [7, 11) is 2.96. The zero-order chi connectivity index (χ0) is 14.5. The predicted octanol–water partition coefficient (Wildman–Crippen LogP) is 3.41. The standard InChI is InChI=1S/C14H15N3O3/c1-19-9-7-12(14(18)13(8-9)20-2)17-16-11-6-4-3-5-10(11)15/h3-8,18H,15H2,1-2H3. The normalized spacial score (nSPS) is 10.7. The highest BCUT2D eigenvalue weighted by molar-refractivity contribution is 5.64. The van der Waals surface area contributed by atoms with Crippen molar-refractivity contribution in [1.29, 1.82) is 0 Å². The largest absolute Gasteiger partial charge is 0.503 e. The molecule has 0 aliphatic heterocycles. The van der Waals surface area contributed by atoms with E-state index in [1.165, 1.54) is 14.2 Å². The first-order valence-corrected chi connectivity index (χ1v) is 5.87. The molecule has 0 spiro atoms. The van der Waals surface area contributed by atoms with Crippen molar-refractivity contribution in [2.75, 3.05) is 20.0 Å². The molecule has 0 atom stereocenters. The summed E-state index contributed by atoms with van der Waals surface area (Å²) in [6, 6.07) is 10.2. The summed E-state index contributed by atoms with van der Waals surface area (Å²) in [6.45, 7) is 0. The van der Waals surface area contributed by atoms with Crippen molar-refractivity contribution < 1.29 is 14.6 Å². The average Bonchev–Trinajstić information content (AvgIpc) is 2.47. The van der Waals surface area contributed by atoms with E-state index in [1.54, 1.807) is 36.4 Å². The first-order valence-electron chi connectivity index (χ1n) is 5.87. The summed E-state index contributed by atoms with van der Waals surface area (Å²) >= 11 is 0. The number of nitrogen functional groups attached to an aromatic ring is 1. The summed E-state index contributed by atoms with van der Waals surface area (Å²) < 4.78 is 10.2. The third-order valence-corrected chi connectivity index (χ3v) is 2.69. The van der Waals surface area contributed by atoms with Gasteiger partial charge in [-0.3, -0.25) is 0 Å². The van der Waals surface area contributed by atoms with Crippen LogP contribution in [0.25, 0.3) is 0 Å². The number of nitrogens with zero attached hydrogens (tertiary/aromatic N) is 2. The van der Waals surface area contributed by atoms with Crippen molar-refractivity contribution in [3.63, 3.8) is 0 Å². The zero-order valence-electron chi connectivity index (χ0n) is 11.2. The fourth-order valence-corrected chi connectivity index (χ4v) is 1.60. The number of para-hydroxylation sites is 1. The number of azo groups is 1. The lowest BCUT2D eigenvalue weighted by Gasteiger charge is -2.08. The Labute approximate surface area is 116 Å². The summed E-state index contributed by atoms with van der Waals surface area (Å²) in [5.41, 5.74) is 7.04. The van der Waals surface area contributed by atoms with Gasteiger partial charge in [-0.05, 0) is 12.1 Å². The van der Waals surface area contributed by atoms with Gasteiger partial charge in [-0.15, -0.1) is 10.2 Å². The molecule has 0 bridgehead atoms. The number of nitrogens with two attached hydrogens (primary N) is 1. The molecule has 0 unspecified atom stereocenters. The van der Waals surface area contributed by atoms with E-state index < -0.39 is 0 Å². The van der Waals surface area contributed by atoms with Crippen LogP contribution in [0.15, 0.2) is 46.6 Å². The van der Waals surface area contributed by atoms with E-state index in [2.05, 4.69) is 10.2 Å². The van der Waals surface area contributed by atoms with E-state index in [1.807, 2.05) is 0 Å². The van der Waals surface area contributed by atoms with E-state index >= 15 is 0 Å². The molecule has 104 valence electrons. The summed E-state index contributed by atoms with van der Waals surface area (Å²) in [5.74, 6) is 0.667. The highest BCUT2D eigenvalue weighted by Crippen LogP contribution is 2.40. The molecule has 0 aliphatic rings. The van der Waals surface area contributed by atoms with Crippen molar-refractivity contribution in [2.24, 2.45) is 10.2 Å². The number of phenolic OH excluding ortho intramolecular Hbond substituents is 1. The van der Waals surface area contributed by atoms with Crippen LogP contribution in [0.4, 0.5) is 17.1 Å². The summed E-state index contributed by atoms with van der Waals surface area (Å²) in [4.78, 5) is 0. The van der Waals surface area contributed by atoms with Gasteiger partial charge in [0.05, 0.1) is 19.9 Å². The number of phenols is 1. The fourth-order valence-electron chi connectivity index (χ4n) is 1.60. The van der Waals surface area contributed by atoms with Crippen LogP contribution in [0.5, 0.6) is 17.2 Å². The van der Waals surface area contributed by atoms with Gasteiger partial charge in [-0.2, -0.15) is 0 Å². The number of benzene rings is 2. The highest BCUT2D eigenvalue weighted by Gasteiger charge is 2.11. The van der Waals surface area contributed by atoms with Gasteiger partial charge in [0.2, 0.25) is 0 Å². The predicted molar refractivity (Wildman–Crippen MR) is 76.2 cm³/mol. The lowest BCUT2D eigenvalue weighted by atomic mass is 10.2. The smallest absolute Gasteiger partial charge is 0.186 e. The first-order chi connectivity index (χ1) is 9.65. The van der Waals surface area contributed by atoms with Gasteiger partial charge >= 0.3 is 0 Å². The third-order valence-electron chi connectivity index (χ3n) is 2.69. The van der Waals surface area contributed by atoms with Gasteiger partial charge < -0.3 is 20.3 Å². The molecular weight excluding hydrogens is 258 g/mol. The molecule has 0 aliphatic carbocycles. The van der Waals surface area contributed by atoms with Crippen LogP contribution in [-0.4, -0.2) is 19.3 Å². The fraction of sp³-hybridized carbons (Fsp3) is 0.143. The second-order valence-electron chi connectivity index (χ2n) is 3.96. The lowest BCUT2D eigenvalue weighted by Crippen LogP contribution is -1.87. The number of methoxy groups -OCH3 is 2. The topological polar surface area (TPSA) is 89.4 Å². The summed E-state index contributed by atoms with van der Waals surface area (Å²) in [5, 5.41) is 18.0. The van der Waals surface area contributed by atoms with Crippen molar-refractivity contribution in [3.8, 4) is 17.2 Å². The molecule has 2 aromatic rings. The molecule has 0 saturated heterocycles. The van der Waals surface area contributed by atoms with E-state index in [9.17, 15) is 5.11 Å². The minimum Gasteiger partial charge on any atom is -0.503 e. The lowest BCUT2D eigenvalue weighted by molar-refractivity contribution is 0.365. The Morgan fingerprint density at radius 2 is 1.70 bits per heavy atom. The maximum absolute atomic E-state index is 9.99. The molecular formula is C14H15N3O3. The van der Waals surface area contributed by atoms with E-state index in [-0.39, 0.29) is 17.2 Å². The zero-order valence-corrected chi connectivity index (χ0v) is 11.2. The Hall–Kier alpha value is -2.76. The van der Waals surface area contributed by atoms with Crippen LogP contribution in [0, 0.1) is 0 Å². The van der Waals surface area contributed by atoms with Gasteiger partial charge in [0.1, 0.15) is 17.1 Å². The maximum Gasteiger partial charge on any atom is 0.186 e. The first kappa shape index (κ1) is 13.7. The number of hydrogen-bond donors (Lipinski definition) is 2. The van der Waals surface area contributed by atoms with Gasteiger partial charge in [0.15, 0.2) is 11.5 Å². The highest BCUT2D eigenvalue weighted by atomic mass is 16.5. The molecule has 2 aromatic carbocycles. The Kier molecular flexibility index (Phi) is 4.05. The quantitative estimate of drug-likeness (QED) is 0.659. The molecule has 0 aromatic heterocycles. The van der Waals surface area contributed by atoms with Crippen LogP contribution in [0.2, 0.25) is 0 Å². The Morgan fingerprint density at radius 3 is 2.35 bits per heavy atom. The van der Waals surface area contributed by atoms with Crippen molar-refractivity contribution in [1.82, 2.24) is 0 Å².